The van der Waals surface area contributed by atoms with Crippen LogP contribution in [0.5, 0.6) is 11.5 Å². The number of aromatic hydroxyl groups is 1. The van der Waals surface area contributed by atoms with Crippen LogP contribution < -0.4 is 9.64 Å². The lowest BCUT2D eigenvalue weighted by atomic mass is 9.99. The molecular weight excluding hydrogens is 405 g/mol. The quantitative estimate of drug-likeness (QED) is 0.603. The van der Waals surface area contributed by atoms with Gasteiger partial charge in [-0.2, -0.15) is 0 Å². The number of hydrogen-bond donors (Lipinski definition) is 2. The number of phenolic OH excluding ortho intramolecular Hbond substituents is 1. The van der Waals surface area contributed by atoms with Gasteiger partial charge in [-0.15, -0.1) is 0 Å². The van der Waals surface area contributed by atoms with E-state index in [2.05, 4.69) is 0 Å². The average molecular weight is 423 g/mol. The summed E-state index contributed by atoms with van der Waals surface area (Å²) in [5.74, 6) is -4.03. The van der Waals surface area contributed by atoms with Gasteiger partial charge in [0, 0.05) is 10.8 Å². The van der Waals surface area contributed by atoms with E-state index in [0.717, 1.165) is 6.07 Å². The summed E-state index contributed by atoms with van der Waals surface area (Å²) in [6.45, 7) is 3.52. The van der Waals surface area contributed by atoms with E-state index in [1.165, 1.54) is 12.1 Å². The van der Waals surface area contributed by atoms with Gasteiger partial charge in [0.05, 0.1) is 29.3 Å². The molecule has 0 atom stereocenters. The zero-order valence-corrected chi connectivity index (χ0v) is 16.7. The second-order valence-electron chi connectivity index (χ2n) is 7.44. The largest absolute Gasteiger partial charge is 0.506 e. The molecule has 7 nitrogen and oxygen atoms in total. The molecule has 0 saturated carbocycles. The average Bonchev–Trinajstić information content (AvgIpc) is 2.96. The van der Waals surface area contributed by atoms with Crippen molar-refractivity contribution in [2.24, 2.45) is 0 Å². The molecular formula is C23H18FNO6. The monoisotopic (exact) mass is 423 g/mol. The molecule has 0 fully saturated rings. The molecule has 1 heterocycles. The molecule has 4 rings (SSSR count). The van der Waals surface area contributed by atoms with Gasteiger partial charge in [-0.05, 0) is 31.5 Å². The number of carbonyl (C=O) groups is 3. The number of anilines is 1. The van der Waals surface area contributed by atoms with Crippen molar-refractivity contribution >= 4 is 34.2 Å². The number of halogens is 1. The number of benzene rings is 3. The maximum absolute atomic E-state index is 14.8. The van der Waals surface area contributed by atoms with Crippen LogP contribution in [-0.4, -0.2) is 34.1 Å². The Morgan fingerprint density at radius 1 is 1.06 bits per heavy atom. The van der Waals surface area contributed by atoms with Crippen LogP contribution in [-0.2, 0) is 11.2 Å². The smallest absolute Gasteiger partial charge is 0.307 e. The highest BCUT2D eigenvalue weighted by atomic mass is 19.1. The summed E-state index contributed by atoms with van der Waals surface area (Å²) in [5.41, 5.74) is -0.542. The SMILES string of the molecule is CC(C)Oc1c2c(c(O)c3ccccc13)C(=O)N(c1ccc(CC(=O)O)cc1F)C2=O. The lowest BCUT2D eigenvalue weighted by Crippen LogP contribution is -2.30. The first-order valence-corrected chi connectivity index (χ1v) is 9.54. The zero-order chi connectivity index (χ0) is 22.4. The molecule has 158 valence electrons. The van der Waals surface area contributed by atoms with Crippen LogP contribution in [0.25, 0.3) is 10.8 Å². The van der Waals surface area contributed by atoms with Crippen molar-refractivity contribution in [3.05, 3.63) is 65.0 Å². The molecule has 8 heteroatoms. The van der Waals surface area contributed by atoms with Crippen molar-refractivity contribution < 1.29 is 33.7 Å². The maximum Gasteiger partial charge on any atom is 0.307 e. The number of phenols is 1. The molecule has 31 heavy (non-hydrogen) atoms. The summed E-state index contributed by atoms with van der Waals surface area (Å²) in [6.07, 6.45) is -0.737. The Kier molecular flexibility index (Phi) is 4.85. The number of imide groups is 1. The van der Waals surface area contributed by atoms with Crippen LogP contribution in [0.15, 0.2) is 42.5 Å². The van der Waals surface area contributed by atoms with Gasteiger partial charge in [0.25, 0.3) is 11.8 Å². The highest BCUT2D eigenvalue weighted by molar-refractivity contribution is 6.38. The molecule has 0 bridgehead atoms. The first-order chi connectivity index (χ1) is 14.7. The van der Waals surface area contributed by atoms with Gasteiger partial charge in [-0.25, -0.2) is 9.29 Å². The summed E-state index contributed by atoms with van der Waals surface area (Å²) in [6, 6.07) is 10.1. The van der Waals surface area contributed by atoms with Gasteiger partial charge >= 0.3 is 5.97 Å². The Balaban J connectivity index is 1.91. The first-order valence-electron chi connectivity index (χ1n) is 9.54. The number of carbonyl (C=O) groups excluding carboxylic acids is 2. The van der Waals surface area contributed by atoms with Crippen molar-refractivity contribution in [2.45, 2.75) is 26.4 Å². The molecule has 3 aromatic rings. The minimum atomic E-state index is -1.14. The first kappa shape index (κ1) is 20.3. The van der Waals surface area contributed by atoms with Crippen molar-refractivity contribution in [3.8, 4) is 11.5 Å². The number of rotatable bonds is 5. The fourth-order valence-corrected chi connectivity index (χ4v) is 3.71. The highest BCUT2D eigenvalue weighted by Crippen LogP contribution is 2.46. The molecule has 1 aliphatic rings. The molecule has 2 N–H and O–H groups in total. The topological polar surface area (TPSA) is 104 Å². The molecule has 1 aliphatic heterocycles. The predicted molar refractivity (Wildman–Crippen MR) is 110 cm³/mol. The van der Waals surface area contributed by atoms with Crippen molar-refractivity contribution in [2.75, 3.05) is 4.90 Å². The van der Waals surface area contributed by atoms with E-state index in [1.807, 2.05) is 0 Å². The Labute approximate surface area is 176 Å². The Hall–Kier alpha value is -3.94. The van der Waals surface area contributed by atoms with Crippen LogP contribution in [0, 0.1) is 5.82 Å². The van der Waals surface area contributed by atoms with E-state index in [9.17, 15) is 23.9 Å². The lowest BCUT2D eigenvalue weighted by Gasteiger charge is -2.17. The highest BCUT2D eigenvalue weighted by Gasteiger charge is 2.44. The van der Waals surface area contributed by atoms with Gasteiger partial charge in [0.15, 0.2) is 0 Å². The van der Waals surface area contributed by atoms with Crippen molar-refractivity contribution in [3.63, 3.8) is 0 Å². The minimum absolute atomic E-state index is 0.135. The summed E-state index contributed by atoms with van der Waals surface area (Å²) in [5, 5.41) is 20.4. The normalized spacial score (nSPS) is 13.2. The van der Waals surface area contributed by atoms with Gasteiger partial charge in [0.2, 0.25) is 0 Å². The Morgan fingerprint density at radius 3 is 2.32 bits per heavy atom. The second kappa shape index (κ2) is 7.39. The van der Waals surface area contributed by atoms with E-state index in [0.29, 0.717) is 15.7 Å². The molecule has 0 spiro atoms. The number of hydrogen-bond acceptors (Lipinski definition) is 5. The molecule has 2 amide bonds. The second-order valence-corrected chi connectivity index (χ2v) is 7.44. The summed E-state index contributed by atoms with van der Waals surface area (Å²) >= 11 is 0. The standard InChI is InChI=1S/C23H18FNO6/c1-11(2)31-21-14-6-4-3-5-13(14)20(28)18-19(21)23(30)25(22(18)29)16-8-7-12(9-15(16)24)10-17(26)27/h3-9,11,28H,10H2,1-2H3,(H,26,27). The number of fused-ring (bicyclic) bond motifs is 2. The summed E-state index contributed by atoms with van der Waals surface area (Å²) < 4.78 is 20.6. The number of ether oxygens (including phenoxy) is 1. The number of amides is 2. The van der Waals surface area contributed by atoms with E-state index >= 15 is 0 Å². The zero-order valence-electron chi connectivity index (χ0n) is 16.7. The van der Waals surface area contributed by atoms with Gasteiger partial charge < -0.3 is 14.9 Å². The van der Waals surface area contributed by atoms with Crippen LogP contribution in [0.4, 0.5) is 10.1 Å². The van der Waals surface area contributed by atoms with Crippen LogP contribution >= 0.6 is 0 Å². The molecule has 0 saturated heterocycles. The third kappa shape index (κ3) is 3.26. The Morgan fingerprint density at radius 2 is 1.71 bits per heavy atom. The van der Waals surface area contributed by atoms with Gasteiger partial charge in [-0.1, -0.05) is 30.3 Å². The van der Waals surface area contributed by atoms with E-state index < -0.39 is 30.0 Å². The third-order valence-electron chi connectivity index (χ3n) is 4.94. The number of aliphatic carboxylic acids is 1. The number of carboxylic acid groups (broad SMARTS) is 1. The minimum Gasteiger partial charge on any atom is -0.506 e. The lowest BCUT2D eigenvalue weighted by molar-refractivity contribution is -0.136. The summed E-state index contributed by atoms with van der Waals surface area (Å²) in [7, 11) is 0. The fraction of sp³-hybridized carbons (Fsp3) is 0.174. The molecule has 0 radical (unpaired) electrons. The van der Waals surface area contributed by atoms with Crippen molar-refractivity contribution in [1.29, 1.82) is 0 Å². The van der Waals surface area contributed by atoms with E-state index in [-0.39, 0.29) is 40.0 Å². The third-order valence-corrected chi connectivity index (χ3v) is 4.94. The fourth-order valence-electron chi connectivity index (χ4n) is 3.71. The molecule has 0 aliphatic carbocycles. The summed E-state index contributed by atoms with van der Waals surface area (Å²) in [4.78, 5) is 37.9. The van der Waals surface area contributed by atoms with Gasteiger partial charge in [0.1, 0.15) is 17.3 Å². The molecule has 0 aromatic heterocycles. The van der Waals surface area contributed by atoms with Crippen LogP contribution in [0.1, 0.15) is 40.1 Å². The van der Waals surface area contributed by atoms with Crippen LogP contribution in [0.3, 0.4) is 0 Å². The van der Waals surface area contributed by atoms with Crippen molar-refractivity contribution in [1.82, 2.24) is 0 Å². The number of nitrogens with zero attached hydrogens (tertiary/aromatic N) is 1. The number of carboxylic acids is 1. The maximum atomic E-state index is 14.8. The van der Waals surface area contributed by atoms with E-state index in [1.54, 1.807) is 38.1 Å². The predicted octanol–water partition coefficient (Wildman–Crippen LogP) is 3.90. The molecule has 0 unspecified atom stereocenters. The van der Waals surface area contributed by atoms with Gasteiger partial charge in [-0.3, -0.25) is 14.4 Å². The Bertz CT molecular complexity index is 1270. The van der Waals surface area contributed by atoms with E-state index in [4.69, 9.17) is 9.84 Å². The van der Waals surface area contributed by atoms with Crippen LogP contribution in [0.2, 0.25) is 0 Å². The molecule has 3 aromatic carbocycles.